The molecule has 2 N–H and O–H groups in total. The summed E-state index contributed by atoms with van der Waals surface area (Å²) in [6.07, 6.45) is 7.83. The predicted octanol–water partition coefficient (Wildman–Crippen LogP) is 3.23. The quantitative estimate of drug-likeness (QED) is 0.630. The SMILES string of the molecule is Cc1cn(-c2cc(Oc3ccc(NC(=O)NC(=O)C4(C)CCOCC4)nc3)ccn2)cn1. The van der Waals surface area contributed by atoms with Gasteiger partial charge in [-0.1, -0.05) is 6.92 Å². The van der Waals surface area contributed by atoms with Gasteiger partial charge < -0.3 is 9.47 Å². The maximum atomic E-state index is 12.4. The van der Waals surface area contributed by atoms with Crippen molar-refractivity contribution in [2.45, 2.75) is 26.7 Å². The number of hydrogen-bond donors (Lipinski definition) is 2. The van der Waals surface area contributed by atoms with Crippen molar-refractivity contribution in [3.8, 4) is 17.3 Å². The van der Waals surface area contributed by atoms with Crippen LogP contribution in [0.25, 0.3) is 5.82 Å². The van der Waals surface area contributed by atoms with Gasteiger partial charge in [-0.15, -0.1) is 0 Å². The zero-order valence-corrected chi connectivity index (χ0v) is 17.9. The van der Waals surface area contributed by atoms with E-state index in [1.165, 1.54) is 6.20 Å². The lowest BCUT2D eigenvalue weighted by Gasteiger charge is -2.31. The molecule has 4 heterocycles. The second kappa shape index (κ2) is 9.15. The molecule has 0 unspecified atom stereocenters. The van der Waals surface area contributed by atoms with E-state index in [0.717, 1.165) is 5.69 Å². The molecule has 3 amide bonds. The highest BCUT2D eigenvalue weighted by atomic mass is 16.5. The molecule has 1 saturated heterocycles. The van der Waals surface area contributed by atoms with Crippen LogP contribution in [-0.2, 0) is 9.53 Å². The van der Waals surface area contributed by atoms with Crippen LogP contribution in [-0.4, -0.2) is 44.7 Å². The first-order valence-corrected chi connectivity index (χ1v) is 10.2. The standard InChI is InChI=1S/C22H24N6O4/c1-15-13-28(14-25-15)19-11-16(5-8-23-19)32-17-3-4-18(24-12-17)26-21(30)27-20(29)22(2)6-9-31-10-7-22/h3-5,8,11-14H,6-7,9-10H2,1-2H3,(H2,24,26,27,29,30). The molecule has 10 heteroatoms. The number of rotatable bonds is 5. The molecule has 0 bridgehead atoms. The van der Waals surface area contributed by atoms with Gasteiger partial charge in [0.2, 0.25) is 5.91 Å². The number of imide groups is 1. The molecule has 0 spiro atoms. The van der Waals surface area contributed by atoms with E-state index in [4.69, 9.17) is 9.47 Å². The number of aryl methyl sites for hydroxylation is 1. The highest BCUT2D eigenvalue weighted by Crippen LogP contribution is 2.29. The third-order valence-corrected chi connectivity index (χ3v) is 5.28. The van der Waals surface area contributed by atoms with Gasteiger partial charge in [0.15, 0.2) is 0 Å². The fourth-order valence-corrected chi connectivity index (χ4v) is 3.25. The number of anilines is 1. The van der Waals surface area contributed by atoms with Crippen LogP contribution in [0.3, 0.4) is 0 Å². The molecule has 166 valence electrons. The first-order chi connectivity index (χ1) is 15.4. The third kappa shape index (κ3) is 5.09. The van der Waals surface area contributed by atoms with E-state index in [-0.39, 0.29) is 5.91 Å². The molecule has 4 rings (SSSR count). The lowest BCUT2D eigenvalue weighted by Crippen LogP contribution is -2.46. The van der Waals surface area contributed by atoms with Gasteiger partial charge in [0.1, 0.15) is 29.5 Å². The van der Waals surface area contributed by atoms with E-state index in [9.17, 15) is 9.59 Å². The normalized spacial score (nSPS) is 15.1. The van der Waals surface area contributed by atoms with Crippen LogP contribution in [0.4, 0.5) is 10.6 Å². The van der Waals surface area contributed by atoms with Crippen LogP contribution in [0, 0.1) is 12.3 Å². The number of aromatic nitrogens is 4. The Kier molecular flexibility index (Phi) is 6.13. The Balaban J connectivity index is 1.34. The van der Waals surface area contributed by atoms with Crippen molar-refractivity contribution in [2.24, 2.45) is 5.41 Å². The van der Waals surface area contributed by atoms with E-state index in [1.807, 2.05) is 20.0 Å². The Morgan fingerprint density at radius 2 is 1.94 bits per heavy atom. The largest absolute Gasteiger partial charge is 0.456 e. The fourth-order valence-electron chi connectivity index (χ4n) is 3.25. The predicted molar refractivity (Wildman–Crippen MR) is 116 cm³/mol. The van der Waals surface area contributed by atoms with E-state index in [1.54, 1.807) is 41.4 Å². The summed E-state index contributed by atoms with van der Waals surface area (Å²) in [5.41, 5.74) is 0.275. The molecule has 10 nitrogen and oxygen atoms in total. The van der Waals surface area contributed by atoms with Crippen molar-refractivity contribution in [3.05, 3.63) is 54.9 Å². The molecule has 1 fully saturated rings. The van der Waals surface area contributed by atoms with E-state index < -0.39 is 11.4 Å². The topological polar surface area (TPSA) is 120 Å². The van der Waals surface area contributed by atoms with Crippen molar-refractivity contribution in [1.29, 1.82) is 0 Å². The molecule has 0 aliphatic carbocycles. The molecular formula is C22H24N6O4. The van der Waals surface area contributed by atoms with E-state index in [0.29, 0.717) is 49.2 Å². The van der Waals surface area contributed by atoms with Crippen molar-refractivity contribution >= 4 is 17.8 Å². The summed E-state index contributed by atoms with van der Waals surface area (Å²) in [6, 6.07) is 6.15. The van der Waals surface area contributed by atoms with Crippen molar-refractivity contribution in [3.63, 3.8) is 0 Å². The number of hydrogen-bond acceptors (Lipinski definition) is 7. The van der Waals surface area contributed by atoms with Gasteiger partial charge >= 0.3 is 6.03 Å². The average molecular weight is 436 g/mol. The molecule has 3 aromatic heterocycles. The number of ether oxygens (including phenoxy) is 2. The monoisotopic (exact) mass is 436 g/mol. The molecule has 32 heavy (non-hydrogen) atoms. The Bertz CT molecular complexity index is 1110. The maximum Gasteiger partial charge on any atom is 0.327 e. The number of imidazole rings is 1. The average Bonchev–Trinajstić information content (AvgIpc) is 3.22. The van der Waals surface area contributed by atoms with Gasteiger partial charge in [-0.2, -0.15) is 0 Å². The minimum absolute atomic E-state index is 0.295. The van der Waals surface area contributed by atoms with E-state index >= 15 is 0 Å². The number of carbonyl (C=O) groups excluding carboxylic acids is 2. The summed E-state index contributed by atoms with van der Waals surface area (Å²) in [7, 11) is 0. The minimum atomic E-state index is -0.627. The fraction of sp³-hybridized carbons (Fsp3) is 0.318. The summed E-state index contributed by atoms with van der Waals surface area (Å²) in [4.78, 5) is 37.3. The number of amides is 3. The summed E-state index contributed by atoms with van der Waals surface area (Å²) in [6.45, 7) is 4.76. The summed E-state index contributed by atoms with van der Waals surface area (Å²) < 4.78 is 12.9. The molecule has 1 aliphatic rings. The first-order valence-electron chi connectivity index (χ1n) is 10.2. The number of nitrogens with zero attached hydrogens (tertiary/aromatic N) is 4. The van der Waals surface area contributed by atoms with Crippen LogP contribution >= 0.6 is 0 Å². The number of pyridine rings is 2. The number of urea groups is 1. The third-order valence-electron chi connectivity index (χ3n) is 5.28. The van der Waals surface area contributed by atoms with Gasteiger partial charge in [-0.05, 0) is 38.0 Å². The first kappa shape index (κ1) is 21.4. The van der Waals surface area contributed by atoms with Crippen molar-refractivity contribution in [2.75, 3.05) is 18.5 Å². The summed E-state index contributed by atoms with van der Waals surface area (Å²) >= 11 is 0. The van der Waals surface area contributed by atoms with Crippen molar-refractivity contribution < 1.29 is 19.1 Å². The van der Waals surface area contributed by atoms with Crippen LogP contribution in [0.1, 0.15) is 25.5 Å². The molecule has 0 aromatic carbocycles. The number of carbonyl (C=O) groups is 2. The summed E-state index contributed by atoms with van der Waals surface area (Å²) in [5, 5.41) is 4.95. The Morgan fingerprint density at radius 3 is 2.62 bits per heavy atom. The zero-order chi connectivity index (χ0) is 22.6. The molecule has 0 radical (unpaired) electrons. The molecular weight excluding hydrogens is 412 g/mol. The highest BCUT2D eigenvalue weighted by molar-refractivity contribution is 6.02. The smallest absolute Gasteiger partial charge is 0.327 e. The van der Waals surface area contributed by atoms with Crippen LogP contribution in [0.15, 0.2) is 49.2 Å². The van der Waals surface area contributed by atoms with Gasteiger partial charge in [0, 0.05) is 31.7 Å². The Hall–Kier alpha value is -3.79. The second-order valence-electron chi connectivity index (χ2n) is 7.83. The van der Waals surface area contributed by atoms with E-state index in [2.05, 4.69) is 25.6 Å². The lowest BCUT2D eigenvalue weighted by atomic mass is 9.81. The van der Waals surface area contributed by atoms with Crippen molar-refractivity contribution in [1.82, 2.24) is 24.8 Å². The van der Waals surface area contributed by atoms with Gasteiger partial charge in [-0.25, -0.2) is 19.7 Å². The van der Waals surface area contributed by atoms with Gasteiger partial charge in [0.05, 0.1) is 17.3 Å². The molecule has 1 aliphatic heterocycles. The van der Waals surface area contributed by atoms with Gasteiger partial charge in [0.25, 0.3) is 0 Å². The Labute approximate surface area is 185 Å². The van der Waals surface area contributed by atoms with Crippen LogP contribution in [0.5, 0.6) is 11.5 Å². The van der Waals surface area contributed by atoms with Gasteiger partial charge in [-0.3, -0.25) is 20.0 Å². The highest BCUT2D eigenvalue weighted by Gasteiger charge is 2.36. The maximum absolute atomic E-state index is 12.4. The van der Waals surface area contributed by atoms with Crippen LogP contribution in [0.2, 0.25) is 0 Å². The van der Waals surface area contributed by atoms with Crippen LogP contribution < -0.4 is 15.4 Å². The Morgan fingerprint density at radius 1 is 1.12 bits per heavy atom. The number of nitrogens with one attached hydrogen (secondary N) is 2. The zero-order valence-electron chi connectivity index (χ0n) is 17.9. The molecule has 0 atom stereocenters. The minimum Gasteiger partial charge on any atom is -0.456 e. The lowest BCUT2D eigenvalue weighted by molar-refractivity contribution is -0.133. The summed E-state index contributed by atoms with van der Waals surface area (Å²) in [5.74, 6) is 1.72. The molecule has 0 saturated carbocycles. The molecule has 3 aromatic rings. The second-order valence-corrected chi connectivity index (χ2v) is 7.83.